The van der Waals surface area contributed by atoms with Gasteiger partial charge in [-0.15, -0.1) is 0 Å². The highest BCUT2D eigenvalue weighted by molar-refractivity contribution is 5.81. The van der Waals surface area contributed by atoms with Crippen molar-refractivity contribution in [2.75, 3.05) is 35.9 Å². The molecule has 1 aromatic heterocycles. The van der Waals surface area contributed by atoms with Crippen LogP contribution in [-0.2, 0) is 4.74 Å². The molecule has 3 heterocycles. The standard InChI is InChI=1S/C11H17N5O5/c1-15-3-16(9-5(15)8(12)13-11(20)14-9)10-7(19)6(18)4(2-17)21-10/h4,6-7,10,17-19H,2-3H2,1H3,(H3,12,13,14,20)/t4-,6-,7-,10-/m1/s1. The summed E-state index contributed by atoms with van der Waals surface area (Å²) in [4.78, 5) is 21.0. The van der Waals surface area contributed by atoms with Crippen LogP contribution in [0.15, 0.2) is 4.79 Å². The first-order chi connectivity index (χ1) is 9.93. The van der Waals surface area contributed by atoms with E-state index in [4.69, 9.17) is 15.6 Å². The molecule has 1 fully saturated rings. The Hall–Kier alpha value is -1.88. The number of rotatable bonds is 2. The molecule has 0 spiro atoms. The number of nitrogen functional groups attached to an aromatic ring is 1. The van der Waals surface area contributed by atoms with Gasteiger partial charge in [0.15, 0.2) is 12.0 Å². The zero-order chi connectivity index (χ0) is 15.3. The molecule has 0 saturated carbocycles. The summed E-state index contributed by atoms with van der Waals surface area (Å²) in [5.41, 5.74) is 5.69. The lowest BCUT2D eigenvalue weighted by molar-refractivity contribution is -0.0221. The van der Waals surface area contributed by atoms with E-state index in [0.717, 1.165) is 0 Å². The van der Waals surface area contributed by atoms with Gasteiger partial charge in [-0.2, -0.15) is 4.98 Å². The van der Waals surface area contributed by atoms with Gasteiger partial charge in [0.25, 0.3) is 0 Å². The van der Waals surface area contributed by atoms with Crippen molar-refractivity contribution in [2.45, 2.75) is 24.5 Å². The van der Waals surface area contributed by atoms with E-state index in [0.29, 0.717) is 5.69 Å². The van der Waals surface area contributed by atoms with E-state index in [1.165, 1.54) is 4.90 Å². The predicted molar refractivity (Wildman–Crippen MR) is 72.8 cm³/mol. The fraction of sp³-hybridized carbons (Fsp3) is 0.636. The minimum Gasteiger partial charge on any atom is -0.394 e. The van der Waals surface area contributed by atoms with Gasteiger partial charge in [-0.05, 0) is 0 Å². The van der Waals surface area contributed by atoms with Crippen LogP contribution in [-0.4, -0.2) is 70.2 Å². The molecule has 2 aliphatic rings. The van der Waals surface area contributed by atoms with Crippen LogP contribution in [0.5, 0.6) is 0 Å². The molecule has 0 amide bonds. The molecule has 0 bridgehead atoms. The third-order valence-electron chi connectivity index (χ3n) is 3.76. The Bertz CT molecular complexity index is 607. The van der Waals surface area contributed by atoms with Crippen LogP contribution in [0.25, 0.3) is 0 Å². The number of aliphatic hydroxyl groups is 3. The number of hydrogen-bond acceptors (Lipinski definition) is 9. The van der Waals surface area contributed by atoms with Crippen molar-refractivity contribution in [3.63, 3.8) is 0 Å². The fourth-order valence-electron chi connectivity index (χ4n) is 2.75. The summed E-state index contributed by atoms with van der Waals surface area (Å²) < 4.78 is 5.46. The first-order valence-corrected chi connectivity index (χ1v) is 6.44. The van der Waals surface area contributed by atoms with Crippen LogP contribution in [0.2, 0.25) is 0 Å². The largest absolute Gasteiger partial charge is 0.394 e. The average Bonchev–Trinajstić information content (AvgIpc) is 2.89. The lowest BCUT2D eigenvalue weighted by atomic mass is 10.1. The van der Waals surface area contributed by atoms with E-state index in [1.807, 2.05) is 0 Å². The lowest BCUT2D eigenvalue weighted by Crippen LogP contribution is -2.45. The molecule has 6 N–H and O–H groups in total. The maximum Gasteiger partial charge on any atom is 0.348 e. The molecule has 3 rings (SSSR count). The topological polar surface area (TPSA) is 148 Å². The van der Waals surface area contributed by atoms with Gasteiger partial charge in [0, 0.05) is 7.05 Å². The number of hydrogen-bond donors (Lipinski definition) is 5. The Morgan fingerprint density at radius 2 is 2.19 bits per heavy atom. The van der Waals surface area contributed by atoms with Gasteiger partial charge >= 0.3 is 5.69 Å². The Labute approximate surface area is 119 Å². The second kappa shape index (κ2) is 4.84. The Balaban J connectivity index is 1.99. The molecule has 0 aliphatic carbocycles. The van der Waals surface area contributed by atoms with Gasteiger partial charge in [0.2, 0.25) is 0 Å². The summed E-state index contributed by atoms with van der Waals surface area (Å²) in [7, 11) is 1.75. The number of aromatic nitrogens is 2. The van der Waals surface area contributed by atoms with Crippen molar-refractivity contribution >= 4 is 17.3 Å². The second-order valence-electron chi connectivity index (χ2n) is 5.17. The molecule has 0 aromatic carbocycles. The summed E-state index contributed by atoms with van der Waals surface area (Å²) in [5, 5.41) is 29.0. The normalized spacial score (nSPS) is 31.8. The molecule has 0 radical (unpaired) electrons. The third kappa shape index (κ3) is 2.03. The number of ether oxygens (including phenoxy) is 1. The van der Waals surface area contributed by atoms with Crippen LogP contribution < -0.4 is 21.2 Å². The summed E-state index contributed by atoms with van der Waals surface area (Å²) in [6.07, 6.45) is -4.26. The van der Waals surface area contributed by atoms with Crippen LogP contribution in [0.4, 0.5) is 17.3 Å². The molecule has 21 heavy (non-hydrogen) atoms. The van der Waals surface area contributed by atoms with Crippen molar-refractivity contribution < 1.29 is 20.1 Å². The summed E-state index contributed by atoms with van der Waals surface area (Å²) in [6.45, 7) is -0.146. The molecule has 10 heteroatoms. The molecular formula is C11H17N5O5. The van der Waals surface area contributed by atoms with Crippen molar-refractivity contribution in [3.8, 4) is 0 Å². The number of aromatic amines is 1. The molecule has 0 unspecified atom stereocenters. The number of nitrogens with two attached hydrogens (primary N) is 1. The molecule has 4 atom stereocenters. The van der Waals surface area contributed by atoms with Gasteiger partial charge in [-0.25, -0.2) is 4.79 Å². The highest BCUT2D eigenvalue weighted by Crippen LogP contribution is 2.39. The van der Waals surface area contributed by atoms with E-state index >= 15 is 0 Å². The molecule has 116 valence electrons. The van der Waals surface area contributed by atoms with Crippen molar-refractivity contribution in [1.29, 1.82) is 0 Å². The third-order valence-corrected chi connectivity index (χ3v) is 3.76. The van der Waals surface area contributed by atoms with Crippen LogP contribution >= 0.6 is 0 Å². The Morgan fingerprint density at radius 3 is 2.81 bits per heavy atom. The van der Waals surface area contributed by atoms with Gasteiger partial charge in [-0.3, -0.25) is 4.98 Å². The van der Waals surface area contributed by atoms with Crippen molar-refractivity contribution in [2.24, 2.45) is 0 Å². The summed E-state index contributed by atoms with van der Waals surface area (Å²) >= 11 is 0. The van der Waals surface area contributed by atoms with Crippen molar-refractivity contribution in [3.05, 3.63) is 10.5 Å². The van der Waals surface area contributed by atoms with Gasteiger partial charge < -0.3 is 35.6 Å². The predicted octanol–water partition coefficient (Wildman–Crippen LogP) is -3.00. The van der Waals surface area contributed by atoms with Crippen LogP contribution in [0.1, 0.15) is 0 Å². The van der Waals surface area contributed by atoms with E-state index in [1.54, 1.807) is 11.9 Å². The summed E-state index contributed by atoms with van der Waals surface area (Å²) in [6, 6.07) is 0. The number of nitrogens with one attached hydrogen (secondary N) is 1. The molecular weight excluding hydrogens is 282 g/mol. The van der Waals surface area contributed by atoms with Gasteiger partial charge in [-0.1, -0.05) is 0 Å². The smallest absolute Gasteiger partial charge is 0.348 e. The number of aliphatic hydroxyl groups excluding tert-OH is 3. The lowest BCUT2D eigenvalue weighted by Gasteiger charge is -2.27. The maximum atomic E-state index is 11.5. The highest BCUT2D eigenvalue weighted by Gasteiger charge is 2.48. The number of nitrogens with zero attached hydrogens (tertiary/aromatic N) is 3. The average molecular weight is 299 g/mol. The second-order valence-corrected chi connectivity index (χ2v) is 5.17. The first kappa shape index (κ1) is 14.1. The Morgan fingerprint density at radius 1 is 1.48 bits per heavy atom. The maximum absolute atomic E-state index is 11.5. The number of H-pyrrole nitrogens is 1. The molecule has 2 aliphatic heterocycles. The minimum atomic E-state index is -1.23. The van der Waals surface area contributed by atoms with E-state index in [-0.39, 0.29) is 18.3 Å². The zero-order valence-corrected chi connectivity index (χ0v) is 11.3. The van der Waals surface area contributed by atoms with E-state index < -0.39 is 36.8 Å². The van der Waals surface area contributed by atoms with Crippen LogP contribution in [0.3, 0.4) is 0 Å². The summed E-state index contributed by atoms with van der Waals surface area (Å²) in [5.74, 6) is 0.440. The molecule has 1 saturated heterocycles. The van der Waals surface area contributed by atoms with Crippen molar-refractivity contribution in [1.82, 2.24) is 9.97 Å². The zero-order valence-electron chi connectivity index (χ0n) is 11.3. The van der Waals surface area contributed by atoms with E-state index in [9.17, 15) is 15.0 Å². The first-order valence-electron chi connectivity index (χ1n) is 6.44. The number of fused-ring (bicyclic) bond motifs is 1. The van der Waals surface area contributed by atoms with Gasteiger partial charge in [0.05, 0.1) is 13.3 Å². The minimum absolute atomic E-state index is 0.168. The van der Waals surface area contributed by atoms with E-state index in [2.05, 4.69) is 9.97 Å². The molecule has 1 aromatic rings. The molecule has 10 nitrogen and oxygen atoms in total. The van der Waals surface area contributed by atoms with Gasteiger partial charge in [0.1, 0.15) is 29.8 Å². The fourth-order valence-corrected chi connectivity index (χ4v) is 2.75. The monoisotopic (exact) mass is 299 g/mol. The quantitative estimate of drug-likeness (QED) is 0.385. The SMILES string of the molecule is CN1CN([C@@H]2O[C@H](CO)[C@@H](O)[C@H]2O)c2nc(=O)[nH]c(N)c21. The highest BCUT2D eigenvalue weighted by atomic mass is 16.6. The Kier molecular flexibility index (Phi) is 3.24. The van der Waals surface area contributed by atoms with Crippen LogP contribution in [0, 0.1) is 0 Å². The number of anilines is 3.